The Labute approximate surface area is 202 Å². The van der Waals surface area contributed by atoms with Gasteiger partial charge in [0.2, 0.25) is 0 Å². The van der Waals surface area contributed by atoms with Crippen LogP contribution in [0.2, 0.25) is 0 Å². The van der Waals surface area contributed by atoms with Crippen LogP contribution in [0.25, 0.3) is 10.4 Å². The SMILES string of the molecule is C/C(=N\NC(=O)C1CC=C(C(=O)N2CCCC2)S1)c1csc(-c2ccc(C(F)(F)F)cc2)c1O. The van der Waals surface area contributed by atoms with Crippen molar-refractivity contribution in [2.24, 2.45) is 5.10 Å². The van der Waals surface area contributed by atoms with Crippen molar-refractivity contribution in [2.75, 3.05) is 13.1 Å². The standard InChI is InChI=1S/C23H22F3N3O3S2/c1-13(16-12-33-20(19(16)30)14-4-6-15(7-5-14)23(24,25)26)27-28-21(31)17-8-9-18(34-17)22(32)29-10-2-3-11-29/h4-7,9,12,17,30H,2-3,8,10-11H2,1H3,(H,28,31)/b27-13+. The first-order chi connectivity index (χ1) is 16.1. The van der Waals surface area contributed by atoms with Gasteiger partial charge in [-0.25, -0.2) is 5.43 Å². The smallest absolute Gasteiger partial charge is 0.416 e. The second kappa shape index (κ2) is 9.83. The number of carbonyl (C=O) groups is 2. The van der Waals surface area contributed by atoms with E-state index in [0.29, 0.717) is 33.0 Å². The number of benzene rings is 1. The second-order valence-corrected chi connectivity index (χ2v) is 10.1. The summed E-state index contributed by atoms with van der Waals surface area (Å²) in [6.45, 7) is 3.10. The number of nitrogens with one attached hydrogen (secondary N) is 1. The van der Waals surface area contributed by atoms with Gasteiger partial charge in [-0.05, 0) is 43.9 Å². The molecule has 3 heterocycles. The number of amides is 2. The molecule has 0 spiro atoms. The first-order valence-corrected chi connectivity index (χ1v) is 12.4. The first-order valence-electron chi connectivity index (χ1n) is 10.6. The average Bonchev–Trinajstić information content (AvgIpc) is 3.57. The summed E-state index contributed by atoms with van der Waals surface area (Å²) in [4.78, 5) is 27.8. The lowest BCUT2D eigenvalue weighted by atomic mass is 10.1. The van der Waals surface area contributed by atoms with Gasteiger partial charge >= 0.3 is 6.18 Å². The van der Waals surface area contributed by atoms with Crippen LogP contribution in [0.5, 0.6) is 5.75 Å². The molecule has 0 radical (unpaired) electrons. The summed E-state index contributed by atoms with van der Waals surface area (Å²) < 4.78 is 38.4. The molecule has 1 aromatic carbocycles. The third kappa shape index (κ3) is 5.15. The maximum Gasteiger partial charge on any atom is 0.416 e. The zero-order valence-electron chi connectivity index (χ0n) is 18.2. The molecule has 180 valence electrons. The lowest BCUT2D eigenvalue weighted by molar-refractivity contribution is -0.137. The van der Waals surface area contributed by atoms with Gasteiger partial charge in [-0.1, -0.05) is 18.2 Å². The number of allylic oxidation sites excluding steroid dienone is 1. The predicted octanol–water partition coefficient (Wildman–Crippen LogP) is 4.99. The minimum Gasteiger partial charge on any atom is -0.506 e. The van der Waals surface area contributed by atoms with Gasteiger partial charge in [-0.15, -0.1) is 23.1 Å². The molecule has 2 aliphatic rings. The number of carbonyl (C=O) groups excluding carboxylic acids is 2. The number of hydrogen-bond donors (Lipinski definition) is 2. The summed E-state index contributed by atoms with van der Waals surface area (Å²) in [5, 5.41) is 15.9. The summed E-state index contributed by atoms with van der Waals surface area (Å²) in [7, 11) is 0. The van der Waals surface area contributed by atoms with Gasteiger partial charge < -0.3 is 10.0 Å². The molecule has 0 aliphatic carbocycles. The van der Waals surface area contributed by atoms with Crippen molar-refractivity contribution in [1.82, 2.24) is 10.3 Å². The zero-order valence-corrected chi connectivity index (χ0v) is 19.8. The van der Waals surface area contributed by atoms with Gasteiger partial charge in [-0.2, -0.15) is 18.3 Å². The Kier molecular flexibility index (Phi) is 7.04. The first kappa shape index (κ1) is 24.3. The summed E-state index contributed by atoms with van der Waals surface area (Å²) >= 11 is 2.40. The highest BCUT2D eigenvalue weighted by Crippen LogP contribution is 2.40. The van der Waals surface area contributed by atoms with E-state index in [1.807, 2.05) is 0 Å². The number of rotatable bonds is 5. The van der Waals surface area contributed by atoms with Crippen molar-refractivity contribution in [2.45, 2.75) is 37.6 Å². The van der Waals surface area contributed by atoms with E-state index >= 15 is 0 Å². The molecule has 6 nitrogen and oxygen atoms in total. The van der Waals surface area contributed by atoms with Crippen LogP contribution in [0.4, 0.5) is 13.2 Å². The second-order valence-electron chi connectivity index (χ2n) is 7.99. The maximum atomic E-state index is 12.8. The molecule has 2 aliphatic heterocycles. The van der Waals surface area contributed by atoms with E-state index in [1.165, 1.54) is 35.2 Å². The van der Waals surface area contributed by atoms with Crippen molar-refractivity contribution in [3.8, 4) is 16.2 Å². The molecule has 2 aromatic rings. The van der Waals surface area contributed by atoms with E-state index in [9.17, 15) is 27.9 Å². The zero-order chi connectivity index (χ0) is 24.5. The molecule has 2 N–H and O–H groups in total. The maximum absolute atomic E-state index is 12.8. The molecule has 1 unspecified atom stereocenters. The fourth-order valence-electron chi connectivity index (χ4n) is 3.73. The molecule has 34 heavy (non-hydrogen) atoms. The van der Waals surface area contributed by atoms with Crippen molar-refractivity contribution in [3.63, 3.8) is 0 Å². The van der Waals surface area contributed by atoms with Crippen molar-refractivity contribution < 1.29 is 27.9 Å². The molecule has 11 heteroatoms. The predicted molar refractivity (Wildman–Crippen MR) is 127 cm³/mol. The average molecular weight is 510 g/mol. The summed E-state index contributed by atoms with van der Waals surface area (Å²) in [6.07, 6.45) is -0.220. The number of halogens is 3. The molecule has 0 bridgehead atoms. The normalized spacial score (nSPS) is 18.8. The Morgan fingerprint density at radius 1 is 1.18 bits per heavy atom. The highest BCUT2D eigenvalue weighted by atomic mass is 32.2. The molecule has 1 aromatic heterocycles. The van der Waals surface area contributed by atoms with Crippen LogP contribution in [0.15, 0.2) is 45.7 Å². The number of alkyl halides is 3. The molecule has 1 saturated heterocycles. The summed E-state index contributed by atoms with van der Waals surface area (Å²) in [6, 6.07) is 4.53. The fraction of sp³-hybridized carbons (Fsp3) is 0.348. The van der Waals surface area contributed by atoms with E-state index in [2.05, 4.69) is 10.5 Å². The molecular weight excluding hydrogens is 487 g/mol. The van der Waals surface area contributed by atoms with Crippen LogP contribution < -0.4 is 5.43 Å². The van der Waals surface area contributed by atoms with Crippen LogP contribution in [-0.4, -0.2) is 45.9 Å². The van der Waals surface area contributed by atoms with Gasteiger partial charge in [0.25, 0.3) is 11.8 Å². The van der Waals surface area contributed by atoms with E-state index in [1.54, 1.807) is 23.3 Å². The van der Waals surface area contributed by atoms with Crippen molar-refractivity contribution >= 4 is 40.6 Å². The number of thioether (sulfide) groups is 1. The van der Waals surface area contributed by atoms with E-state index in [0.717, 1.165) is 38.1 Å². The van der Waals surface area contributed by atoms with Gasteiger partial charge in [0.1, 0.15) is 5.75 Å². The van der Waals surface area contributed by atoms with Crippen LogP contribution >= 0.6 is 23.1 Å². The minimum atomic E-state index is -4.43. The van der Waals surface area contributed by atoms with Crippen LogP contribution in [0.1, 0.15) is 37.3 Å². The lowest BCUT2D eigenvalue weighted by Gasteiger charge is -2.16. The summed E-state index contributed by atoms with van der Waals surface area (Å²) in [5.74, 6) is -0.491. The van der Waals surface area contributed by atoms with Gasteiger partial charge in [0.05, 0.1) is 31.9 Å². The highest BCUT2D eigenvalue weighted by Gasteiger charge is 2.32. The van der Waals surface area contributed by atoms with Gasteiger partial charge in [-0.3, -0.25) is 9.59 Å². The number of hydrogen-bond acceptors (Lipinski definition) is 6. The minimum absolute atomic E-state index is 0.0310. The molecule has 4 rings (SSSR count). The van der Waals surface area contributed by atoms with Crippen LogP contribution in [0.3, 0.4) is 0 Å². The molecular formula is C23H22F3N3O3S2. The Balaban J connectivity index is 1.38. The number of thiophene rings is 1. The van der Waals surface area contributed by atoms with Crippen molar-refractivity contribution in [1.29, 1.82) is 0 Å². The van der Waals surface area contributed by atoms with Gasteiger partial charge in [0.15, 0.2) is 0 Å². The third-order valence-corrected chi connectivity index (χ3v) is 7.95. The van der Waals surface area contributed by atoms with E-state index in [-0.39, 0.29) is 17.6 Å². The van der Waals surface area contributed by atoms with Gasteiger partial charge in [0, 0.05) is 18.5 Å². The van der Waals surface area contributed by atoms with E-state index < -0.39 is 17.0 Å². The fourth-order valence-corrected chi connectivity index (χ4v) is 5.83. The molecule has 0 saturated carbocycles. The molecule has 1 atom stereocenters. The Morgan fingerprint density at radius 3 is 2.50 bits per heavy atom. The quantitative estimate of drug-likeness (QED) is 0.440. The summed E-state index contributed by atoms with van der Waals surface area (Å²) in [5.41, 5.74) is 2.90. The van der Waals surface area contributed by atoms with E-state index in [4.69, 9.17) is 0 Å². The Bertz CT molecular complexity index is 1150. The molecule has 2 amide bonds. The van der Waals surface area contributed by atoms with Crippen LogP contribution in [0, 0.1) is 0 Å². The monoisotopic (exact) mass is 509 g/mol. The number of nitrogens with zero attached hydrogens (tertiary/aromatic N) is 2. The Morgan fingerprint density at radius 2 is 1.85 bits per heavy atom. The number of likely N-dealkylation sites (tertiary alicyclic amines) is 1. The topological polar surface area (TPSA) is 82.0 Å². The lowest BCUT2D eigenvalue weighted by Crippen LogP contribution is -2.30. The van der Waals surface area contributed by atoms with Crippen molar-refractivity contribution in [3.05, 3.63) is 51.8 Å². The number of hydrazone groups is 1. The van der Waals surface area contributed by atoms with Crippen LogP contribution in [-0.2, 0) is 15.8 Å². The third-order valence-electron chi connectivity index (χ3n) is 5.65. The Hall–Kier alpha value is -2.79. The number of aromatic hydroxyl groups is 1. The largest absolute Gasteiger partial charge is 0.506 e. The molecule has 1 fully saturated rings. The highest BCUT2D eigenvalue weighted by molar-refractivity contribution is 8.05.